The number of carbonyl (C=O) groups is 1. The lowest BCUT2D eigenvalue weighted by atomic mass is 10.0. The van der Waals surface area contributed by atoms with Gasteiger partial charge < -0.3 is 10.4 Å². The zero-order chi connectivity index (χ0) is 28.6. The van der Waals surface area contributed by atoms with Gasteiger partial charge in [0.15, 0.2) is 11.5 Å². The summed E-state index contributed by atoms with van der Waals surface area (Å²) >= 11 is 0. The van der Waals surface area contributed by atoms with E-state index in [-0.39, 0.29) is 12.4 Å². The molecule has 0 unspecified atom stereocenters. The summed E-state index contributed by atoms with van der Waals surface area (Å²) in [6, 6.07) is 29.4. The van der Waals surface area contributed by atoms with E-state index in [9.17, 15) is 14.8 Å². The summed E-state index contributed by atoms with van der Waals surface area (Å²) in [5, 5.41) is 16.2. The van der Waals surface area contributed by atoms with Crippen molar-refractivity contribution in [3.8, 4) is 0 Å². The molecule has 0 saturated heterocycles. The van der Waals surface area contributed by atoms with Crippen LogP contribution >= 0.6 is 0 Å². The Labute approximate surface area is 229 Å². The lowest BCUT2D eigenvalue weighted by molar-refractivity contribution is -0.116. The summed E-state index contributed by atoms with van der Waals surface area (Å²) in [7, 11) is 0. The van der Waals surface area contributed by atoms with Crippen molar-refractivity contribution < 1.29 is 9.90 Å². The number of aliphatic hydroxyl groups excluding tert-OH is 1. The van der Waals surface area contributed by atoms with Gasteiger partial charge in [0.25, 0.3) is 0 Å². The summed E-state index contributed by atoms with van der Waals surface area (Å²) in [5.74, 6) is -0.792. The number of nitrogens with one attached hydrogen (secondary N) is 1. The average molecular weight is 520 g/mol. The molecular formula is C32H45N3O3. The number of hydrogen-bond acceptors (Lipinski definition) is 5. The van der Waals surface area contributed by atoms with E-state index in [4.69, 9.17) is 0 Å². The normalized spacial score (nSPS) is 11.3. The first kappa shape index (κ1) is 34.1. The highest BCUT2D eigenvalue weighted by Gasteiger charge is 2.09. The van der Waals surface area contributed by atoms with Gasteiger partial charge in [-0.25, -0.2) is 5.01 Å². The SMILES string of the molecule is C1CCC1.CC.CC(=O)/C(O)=C(\C)NCN(N=O)c1ccccc1.Cc1ccccc1.Cc1ccccc1. The first-order chi connectivity index (χ1) is 18.3. The van der Waals surface area contributed by atoms with Gasteiger partial charge in [-0.3, -0.25) is 4.79 Å². The maximum atomic E-state index is 10.9. The molecule has 1 aliphatic rings. The second-order valence-corrected chi connectivity index (χ2v) is 8.41. The predicted molar refractivity (Wildman–Crippen MR) is 161 cm³/mol. The maximum absolute atomic E-state index is 10.9. The van der Waals surface area contributed by atoms with Gasteiger partial charge in [0.2, 0.25) is 0 Å². The minimum atomic E-state index is -0.440. The zero-order valence-electron chi connectivity index (χ0n) is 23.9. The molecule has 0 radical (unpaired) electrons. The Hall–Kier alpha value is -3.93. The first-order valence-corrected chi connectivity index (χ1v) is 13.2. The number of hydrogen-bond donors (Lipinski definition) is 2. The minimum absolute atomic E-state index is 0.0662. The fraction of sp³-hybridized carbons (Fsp3) is 0.344. The molecule has 0 bridgehead atoms. The topological polar surface area (TPSA) is 82.0 Å². The number of rotatable bonds is 6. The van der Waals surface area contributed by atoms with E-state index in [1.807, 2.05) is 56.3 Å². The number of carbonyl (C=O) groups excluding carboxylic acids is 1. The number of allylic oxidation sites excluding steroid dienone is 2. The number of nitroso groups, excluding NO2 is 1. The van der Waals surface area contributed by atoms with Crippen molar-refractivity contribution in [2.24, 2.45) is 5.29 Å². The van der Waals surface area contributed by atoms with Gasteiger partial charge in [0, 0.05) is 6.92 Å². The molecule has 1 aliphatic carbocycles. The van der Waals surface area contributed by atoms with Crippen molar-refractivity contribution in [2.45, 2.75) is 67.2 Å². The molecule has 2 N–H and O–H groups in total. The van der Waals surface area contributed by atoms with Crippen LogP contribution in [-0.4, -0.2) is 17.6 Å². The Balaban J connectivity index is 0.000000554. The van der Waals surface area contributed by atoms with Crippen molar-refractivity contribution in [1.82, 2.24) is 5.32 Å². The largest absolute Gasteiger partial charge is 0.503 e. The quantitative estimate of drug-likeness (QED) is 0.112. The third-order valence-corrected chi connectivity index (χ3v) is 5.22. The van der Waals surface area contributed by atoms with Crippen molar-refractivity contribution in [3.05, 3.63) is 118 Å². The molecule has 0 amide bonds. The number of aryl methyl sites for hydroxylation is 2. The number of nitrogens with zero attached hydrogens (tertiary/aromatic N) is 2. The monoisotopic (exact) mass is 519 g/mol. The van der Waals surface area contributed by atoms with E-state index in [0.717, 1.165) is 0 Å². The van der Waals surface area contributed by atoms with E-state index in [2.05, 4.69) is 48.7 Å². The van der Waals surface area contributed by atoms with Crippen LogP contribution in [0.3, 0.4) is 0 Å². The Morgan fingerprint density at radius 1 is 0.763 bits per heavy atom. The molecule has 3 aromatic rings. The molecule has 4 rings (SSSR count). The first-order valence-electron chi connectivity index (χ1n) is 13.2. The molecule has 6 nitrogen and oxygen atoms in total. The molecule has 0 atom stereocenters. The smallest absolute Gasteiger partial charge is 0.195 e. The van der Waals surface area contributed by atoms with Crippen molar-refractivity contribution >= 4 is 11.5 Å². The lowest BCUT2D eigenvalue weighted by Gasteiger charge is -2.17. The lowest BCUT2D eigenvalue weighted by Crippen LogP contribution is -2.29. The van der Waals surface area contributed by atoms with Gasteiger partial charge in [0.05, 0.1) is 16.7 Å². The van der Waals surface area contributed by atoms with Gasteiger partial charge in [0.1, 0.15) is 6.67 Å². The van der Waals surface area contributed by atoms with Crippen LogP contribution < -0.4 is 10.3 Å². The van der Waals surface area contributed by atoms with E-state index in [0.29, 0.717) is 11.4 Å². The fourth-order valence-electron chi connectivity index (χ4n) is 2.63. The van der Waals surface area contributed by atoms with Crippen LogP contribution in [0.5, 0.6) is 0 Å². The van der Waals surface area contributed by atoms with Crippen LogP contribution in [0.15, 0.2) is 108 Å². The molecular weight excluding hydrogens is 474 g/mol. The van der Waals surface area contributed by atoms with Crippen molar-refractivity contribution in [2.75, 3.05) is 11.7 Å². The molecule has 0 aliphatic heterocycles. The Kier molecular flexibility index (Phi) is 20.0. The summed E-state index contributed by atoms with van der Waals surface area (Å²) in [6.45, 7) is 11.0. The summed E-state index contributed by atoms with van der Waals surface area (Å²) in [6.07, 6.45) is 6.00. The molecule has 1 fully saturated rings. The summed E-state index contributed by atoms with van der Waals surface area (Å²) in [5.41, 5.74) is 3.56. The van der Waals surface area contributed by atoms with Gasteiger partial charge in [-0.15, -0.1) is 4.91 Å². The maximum Gasteiger partial charge on any atom is 0.195 e. The van der Waals surface area contributed by atoms with Crippen LogP contribution in [0.4, 0.5) is 5.69 Å². The number of ketones is 1. The average Bonchev–Trinajstić information content (AvgIpc) is 2.91. The van der Waals surface area contributed by atoms with Gasteiger partial charge in [-0.2, -0.15) is 0 Å². The molecule has 3 aromatic carbocycles. The standard InChI is InChI=1S/C12H15N3O3.2C7H8.C4H8.C2H6/c1-9(12(17)10(2)16)13-8-15(14-18)11-6-4-3-5-7-11;2*1-7-5-3-2-4-6-7;1-2-4-3-1;1-2/h3-7,13,17H,8H2,1-2H3;2*2-6H,1H3;1-4H2;1-2H3/b12-9-;;;;. The number of benzene rings is 3. The third-order valence-electron chi connectivity index (χ3n) is 5.22. The van der Waals surface area contributed by atoms with Gasteiger partial charge >= 0.3 is 0 Å². The second kappa shape index (κ2) is 22.3. The summed E-state index contributed by atoms with van der Waals surface area (Å²) in [4.78, 5) is 21.6. The molecule has 0 heterocycles. The number of aliphatic hydroxyl groups is 1. The van der Waals surface area contributed by atoms with Crippen LogP contribution in [0.1, 0.15) is 64.5 Å². The number of anilines is 1. The minimum Gasteiger partial charge on any atom is -0.503 e. The highest BCUT2D eigenvalue weighted by Crippen LogP contribution is 2.15. The van der Waals surface area contributed by atoms with Crippen molar-refractivity contribution in [3.63, 3.8) is 0 Å². The van der Waals surface area contributed by atoms with E-state index in [1.165, 1.54) is 48.7 Å². The number of Topliss-reactive ketones (excluding diaryl/α,β-unsaturated/α-hetero) is 1. The van der Waals surface area contributed by atoms with E-state index >= 15 is 0 Å². The highest BCUT2D eigenvalue weighted by molar-refractivity contribution is 5.91. The highest BCUT2D eigenvalue weighted by atomic mass is 16.3. The van der Waals surface area contributed by atoms with Crippen LogP contribution in [0.2, 0.25) is 0 Å². The zero-order valence-corrected chi connectivity index (χ0v) is 23.9. The summed E-state index contributed by atoms with van der Waals surface area (Å²) < 4.78 is 0. The predicted octanol–water partition coefficient (Wildman–Crippen LogP) is 8.68. The number of para-hydroxylation sites is 1. The second-order valence-electron chi connectivity index (χ2n) is 8.41. The molecule has 206 valence electrons. The van der Waals surface area contributed by atoms with Crippen LogP contribution in [0.25, 0.3) is 0 Å². The fourth-order valence-corrected chi connectivity index (χ4v) is 2.63. The molecule has 0 spiro atoms. The molecule has 6 heteroatoms. The van der Waals surface area contributed by atoms with Gasteiger partial charge in [-0.05, 0) is 32.9 Å². The Morgan fingerprint density at radius 2 is 1.13 bits per heavy atom. The molecule has 1 saturated carbocycles. The third kappa shape index (κ3) is 16.7. The van der Waals surface area contributed by atoms with Crippen LogP contribution in [0, 0.1) is 18.8 Å². The Morgan fingerprint density at radius 3 is 1.39 bits per heavy atom. The van der Waals surface area contributed by atoms with Crippen LogP contribution in [-0.2, 0) is 4.79 Å². The molecule has 0 aromatic heterocycles. The van der Waals surface area contributed by atoms with Crippen molar-refractivity contribution in [1.29, 1.82) is 0 Å². The van der Waals surface area contributed by atoms with E-state index < -0.39 is 5.78 Å². The van der Waals surface area contributed by atoms with Gasteiger partial charge in [-0.1, -0.05) is 130 Å². The molecule has 38 heavy (non-hydrogen) atoms. The Bertz CT molecular complexity index is 978. The van der Waals surface area contributed by atoms with E-state index in [1.54, 1.807) is 31.2 Å².